The molecule has 1 aromatic heterocycles. The molecule has 15 heavy (non-hydrogen) atoms. The molecule has 2 amide bonds. The van der Waals surface area contributed by atoms with Crippen LogP contribution in [-0.4, -0.2) is 11.8 Å². The molecule has 0 saturated carbocycles. The maximum Gasteiger partial charge on any atom is 0.254 e. The van der Waals surface area contributed by atoms with E-state index >= 15 is 0 Å². The van der Waals surface area contributed by atoms with Crippen molar-refractivity contribution >= 4 is 29.2 Å². The lowest BCUT2D eigenvalue weighted by atomic mass is 10.1. The van der Waals surface area contributed by atoms with E-state index in [4.69, 9.17) is 0 Å². The van der Waals surface area contributed by atoms with Crippen molar-refractivity contribution in [1.82, 2.24) is 5.32 Å². The minimum atomic E-state index is -0.261. The Hall–Kier alpha value is -1.42. The average molecular weight is 221 g/mol. The summed E-state index contributed by atoms with van der Waals surface area (Å²) in [6, 6.07) is 2.03. The number of aryl methyl sites for hydroxylation is 2. The Bertz CT molecular complexity index is 471. The van der Waals surface area contributed by atoms with Crippen molar-refractivity contribution in [3.63, 3.8) is 0 Å². The lowest BCUT2D eigenvalue weighted by molar-refractivity contribution is -0.124. The van der Waals surface area contributed by atoms with Gasteiger partial charge in [-0.25, -0.2) is 0 Å². The fraction of sp³-hybridized carbons (Fsp3) is 0.273. The molecular weight excluding hydrogens is 210 g/mol. The van der Waals surface area contributed by atoms with Crippen LogP contribution in [0.3, 0.4) is 0 Å². The minimum absolute atomic E-state index is 0.202. The van der Waals surface area contributed by atoms with Gasteiger partial charge in [-0.2, -0.15) is 0 Å². The quantitative estimate of drug-likeness (QED) is 0.580. The van der Waals surface area contributed by atoms with Crippen molar-refractivity contribution in [2.45, 2.75) is 20.3 Å². The van der Waals surface area contributed by atoms with E-state index in [1.165, 1.54) is 9.75 Å². The van der Waals surface area contributed by atoms with Crippen molar-refractivity contribution < 1.29 is 9.59 Å². The minimum Gasteiger partial charge on any atom is -0.292 e. The van der Waals surface area contributed by atoms with Gasteiger partial charge in [0.1, 0.15) is 0 Å². The molecule has 0 unspecified atom stereocenters. The van der Waals surface area contributed by atoms with Crippen LogP contribution < -0.4 is 5.32 Å². The molecule has 2 rings (SSSR count). The standard InChI is InChI=1S/C11H11NO2S/c1-6-3-8(7(2)15-6)4-9-5-10(13)12-11(9)14/h3-4H,5H2,1-2H3,(H,12,13,14). The van der Waals surface area contributed by atoms with Crippen LogP contribution in [0, 0.1) is 13.8 Å². The first kappa shape index (κ1) is 10.1. The SMILES string of the molecule is Cc1cc(C=C2CC(=O)NC2=O)c(C)s1. The highest BCUT2D eigenvalue weighted by molar-refractivity contribution is 7.12. The Morgan fingerprint density at radius 1 is 1.40 bits per heavy atom. The maximum atomic E-state index is 11.3. The molecule has 1 fully saturated rings. The lowest BCUT2D eigenvalue weighted by Gasteiger charge is -1.92. The summed E-state index contributed by atoms with van der Waals surface area (Å²) >= 11 is 1.69. The van der Waals surface area contributed by atoms with Crippen molar-refractivity contribution in [1.29, 1.82) is 0 Å². The molecule has 0 aliphatic carbocycles. The summed E-state index contributed by atoms with van der Waals surface area (Å²) < 4.78 is 0. The number of amides is 2. The normalized spacial score (nSPS) is 18.7. The molecule has 4 heteroatoms. The Kier molecular flexibility index (Phi) is 2.44. The molecule has 1 aromatic rings. The summed E-state index contributed by atoms with van der Waals surface area (Å²) in [5.74, 6) is -0.473. The lowest BCUT2D eigenvalue weighted by Crippen LogP contribution is -2.19. The zero-order valence-electron chi connectivity index (χ0n) is 8.59. The number of carbonyl (C=O) groups is 2. The van der Waals surface area contributed by atoms with Gasteiger partial charge in [0, 0.05) is 15.3 Å². The van der Waals surface area contributed by atoms with Crippen LogP contribution in [-0.2, 0) is 9.59 Å². The van der Waals surface area contributed by atoms with Gasteiger partial charge in [0.05, 0.1) is 6.42 Å². The van der Waals surface area contributed by atoms with E-state index in [0.29, 0.717) is 5.57 Å². The van der Waals surface area contributed by atoms with E-state index in [0.717, 1.165) is 5.56 Å². The molecule has 0 atom stereocenters. The highest BCUT2D eigenvalue weighted by Crippen LogP contribution is 2.24. The Morgan fingerprint density at radius 2 is 2.13 bits per heavy atom. The summed E-state index contributed by atoms with van der Waals surface area (Å²) in [5, 5.41) is 2.27. The molecule has 2 heterocycles. The van der Waals surface area contributed by atoms with Crippen molar-refractivity contribution in [3.05, 3.63) is 27.0 Å². The molecule has 78 valence electrons. The maximum absolute atomic E-state index is 11.3. The highest BCUT2D eigenvalue weighted by Gasteiger charge is 2.23. The largest absolute Gasteiger partial charge is 0.292 e. The second-order valence-electron chi connectivity index (χ2n) is 3.59. The van der Waals surface area contributed by atoms with Gasteiger partial charge in [0.2, 0.25) is 5.91 Å². The Labute approximate surface area is 91.8 Å². The molecule has 3 nitrogen and oxygen atoms in total. The summed E-state index contributed by atoms with van der Waals surface area (Å²) in [4.78, 5) is 24.7. The molecular formula is C11H11NO2S. The van der Waals surface area contributed by atoms with Crippen molar-refractivity contribution in [3.8, 4) is 0 Å². The fourth-order valence-corrected chi connectivity index (χ4v) is 2.51. The molecule has 1 aliphatic rings. The van der Waals surface area contributed by atoms with Gasteiger partial charge in [-0.1, -0.05) is 0 Å². The second kappa shape index (κ2) is 3.62. The van der Waals surface area contributed by atoms with Crippen molar-refractivity contribution in [2.75, 3.05) is 0 Å². The molecule has 0 aromatic carbocycles. The van der Waals surface area contributed by atoms with Crippen LogP contribution in [0.5, 0.6) is 0 Å². The van der Waals surface area contributed by atoms with Gasteiger partial charge in [-0.05, 0) is 31.6 Å². The number of hydrogen-bond acceptors (Lipinski definition) is 3. The average Bonchev–Trinajstić information content (AvgIpc) is 2.58. The topological polar surface area (TPSA) is 46.2 Å². The van der Waals surface area contributed by atoms with Gasteiger partial charge in [-0.15, -0.1) is 11.3 Å². The van der Waals surface area contributed by atoms with Gasteiger partial charge >= 0.3 is 0 Å². The number of hydrogen-bond donors (Lipinski definition) is 1. The fourth-order valence-electron chi connectivity index (χ4n) is 1.60. The second-order valence-corrected chi connectivity index (χ2v) is 5.05. The van der Waals surface area contributed by atoms with E-state index in [-0.39, 0.29) is 18.2 Å². The monoisotopic (exact) mass is 221 g/mol. The number of carbonyl (C=O) groups excluding carboxylic acids is 2. The molecule has 0 spiro atoms. The number of imide groups is 1. The van der Waals surface area contributed by atoms with Gasteiger partial charge < -0.3 is 0 Å². The number of rotatable bonds is 1. The number of nitrogens with one attached hydrogen (secondary N) is 1. The van der Waals surface area contributed by atoms with Crippen LogP contribution in [0.15, 0.2) is 11.6 Å². The first-order valence-electron chi connectivity index (χ1n) is 4.68. The highest BCUT2D eigenvalue weighted by atomic mass is 32.1. The summed E-state index contributed by atoms with van der Waals surface area (Å²) in [5.41, 5.74) is 1.60. The molecule has 1 aliphatic heterocycles. The van der Waals surface area contributed by atoms with Crippen LogP contribution >= 0.6 is 11.3 Å². The van der Waals surface area contributed by atoms with E-state index in [1.807, 2.05) is 19.9 Å². The molecule has 0 bridgehead atoms. The Morgan fingerprint density at radius 3 is 2.60 bits per heavy atom. The van der Waals surface area contributed by atoms with E-state index in [1.54, 1.807) is 17.4 Å². The van der Waals surface area contributed by atoms with Gasteiger partial charge in [0.25, 0.3) is 5.91 Å². The van der Waals surface area contributed by atoms with E-state index < -0.39 is 0 Å². The van der Waals surface area contributed by atoms with E-state index in [2.05, 4.69) is 5.32 Å². The number of thiophene rings is 1. The molecule has 1 N–H and O–H groups in total. The zero-order chi connectivity index (χ0) is 11.0. The Balaban J connectivity index is 2.34. The summed E-state index contributed by atoms with van der Waals surface area (Å²) in [7, 11) is 0. The van der Waals surface area contributed by atoms with E-state index in [9.17, 15) is 9.59 Å². The van der Waals surface area contributed by atoms with Crippen LogP contribution in [0.4, 0.5) is 0 Å². The third-order valence-corrected chi connectivity index (χ3v) is 3.29. The molecule has 0 radical (unpaired) electrons. The molecule has 1 saturated heterocycles. The van der Waals surface area contributed by atoms with Crippen LogP contribution in [0.1, 0.15) is 21.7 Å². The summed E-state index contributed by atoms with van der Waals surface area (Å²) in [6.45, 7) is 4.04. The zero-order valence-corrected chi connectivity index (χ0v) is 9.40. The van der Waals surface area contributed by atoms with Crippen LogP contribution in [0.2, 0.25) is 0 Å². The summed E-state index contributed by atoms with van der Waals surface area (Å²) in [6.07, 6.45) is 2.01. The van der Waals surface area contributed by atoms with Crippen molar-refractivity contribution in [2.24, 2.45) is 0 Å². The van der Waals surface area contributed by atoms with Gasteiger partial charge in [0.15, 0.2) is 0 Å². The van der Waals surface area contributed by atoms with Crippen LogP contribution in [0.25, 0.3) is 6.08 Å². The smallest absolute Gasteiger partial charge is 0.254 e. The predicted molar refractivity (Wildman–Crippen MR) is 59.5 cm³/mol. The first-order valence-corrected chi connectivity index (χ1v) is 5.49. The predicted octanol–water partition coefficient (Wildman–Crippen LogP) is 1.79. The first-order chi connectivity index (χ1) is 7.06. The third-order valence-electron chi connectivity index (χ3n) is 2.30. The third kappa shape index (κ3) is 1.99. The van der Waals surface area contributed by atoms with Gasteiger partial charge in [-0.3, -0.25) is 14.9 Å².